The molecule has 2 heterocycles. The fourth-order valence-corrected chi connectivity index (χ4v) is 11.5. The molecule has 1 fully saturated rings. The van der Waals surface area contributed by atoms with E-state index in [1.165, 1.54) is 67.3 Å². The maximum Gasteiger partial charge on any atom is 0.250 e. The maximum absolute atomic E-state index is 15.1. The first-order valence-corrected chi connectivity index (χ1v) is 33.3. The van der Waals surface area contributed by atoms with E-state index in [0.717, 1.165) is 4.90 Å². The van der Waals surface area contributed by atoms with Crippen LogP contribution in [0.25, 0.3) is 10.9 Å². The summed E-state index contributed by atoms with van der Waals surface area (Å²) in [5.74, 6) is -11.5. The number of carbonyl (C=O) groups excluding carboxylic acids is 11. The smallest absolute Gasteiger partial charge is 0.250 e. The molecule has 0 radical (unpaired) electrons. The van der Waals surface area contributed by atoms with Gasteiger partial charge in [0, 0.05) is 75.0 Å². The molecule has 544 valence electrons. The number of rotatable bonds is 37. The molecular weight excluding hydrogens is 1320 g/mol. The zero-order valence-corrected chi connectivity index (χ0v) is 57.4. The highest BCUT2D eigenvalue weighted by atomic mass is 35.5. The van der Waals surface area contributed by atoms with E-state index in [0.29, 0.717) is 33.8 Å². The second-order valence-corrected chi connectivity index (χ2v) is 25.3. The fourth-order valence-electron chi connectivity index (χ4n) is 11.3. The van der Waals surface area contributed by atoms with Gasteiger partial charge in [0.05, 0.1) is 6.61 Å². The Hall–Kier alpha value is -10.8. The Labute approximate surface area is 594 Å². The van der Waals surface area contributed by atoms with Gasteiger partial charge >= 0.3 is 0 Å². The van der Waals surface area contributed by atoms with Gasteiger partial charge in [0.1, 0.15) is 66.2 Å². The lowest BCUT2D eigenvalue weighted by Crippen LogP contribution is -2.61. The largest absolute Gasteiger partial charge is 0.508 e. The van der Waals surface area contributed by atoms with Crippen molar-refractivity contribution in [2.24, 2.45) is 44.6 Å². The second kappa shape index (κ2) is 38.5. The summed E-state index contributed by atoms with van der Waals surface area (Å²) in [4.78, 5) is 171. The van der Waals surface area contributed by atoms with E-state index in [1.54, 1.807) is 74.6 Å². The van der Waals surface area contributed by atoms with Gasteiger partial charge in [0.2, 0.25) is 59.1 Å². The van der Waals surface area contributed by atoms with Crippen LogP contribution in [-0.2, 0) is 72.0 Å². The van der Waals surface area contributed by atoms with E-state index < -0.39 is 145 Å². The Balaban J connectivity index is 1.31. The number of aliphatic imine (C=N–C) groups is 2. The van der Waals surface area contributed by atoms with Crippen molar-refractivity contribution in [3.8, 4) is 5.75 Å². The van der Waals surface area contributed by atoms with E-state index in [1.807, 2.05) is 0 Å². The number of aromatic hydroxyl groups is 1. The summed E-state index contributed by atoms with van der Waals surface area (Å²) in [6, 6.07) is 11.2. The molecular formula is C69H93ClN18O13. The van der Waals surface area contributed by atoms with Crippen LogP contribution in [0.5, 0.6) is 5.75 Å². The average molecular weight is 1420 g/mol. The van der Waals surface area contributed by atoms with E-state index in [4.69, 9.17) is 43.1 Å². The third-order valence-corrected chi connectivity index (χ3v) is 16.8. The van der Waals surface area contributed by atoms with Crippen LogP contribution in [0, 0.1) is 5.92 Å². The number of benzene rings is 4. The SMILES string of the molecule is [2H]CC(=O)N([2H])[C@@H](Cc1ccccc1)C(=O)N(c1ccc(Cl)cc1)[C@@H](C)C(=O)N[C@H](Cc1c[nH]c2ccccc12)C(=O)N[C@@H](CO)C(=O)N([2H])[C@@H](Cc1ccc(O)cc1)C(=O)N[C@@H](CCCN=C(N)N)C(=O)N[C@@H](CC(C)C)C(=O)N[C@@H](CCCN=C(N)N)C(=O)N1CCC[C@H]1C(=O)N[C@H](C)C(N)=O. The van der Waals surface area contributed by atoms with E-state index >= 15 is 9.59 Å². The first-order chi connectivity index (χ1) is 49.4. The number of carbonyl (C=O) groups is 11. The predicted molar refractivity (Wildman–Crippen MR) is 379 cm³/mol. The standard InChI is InChI=1S/C69H93ClN18O13/c1-38(2)32-52(61(95)82-51(19-12-30-77-69(74)75)66(100)87-31-13-20-57(87)65(99)79-39(3)58(71)92)84-60(94)50(18-11-29-76-68(72)73)81-62(96)53(33-43-21-27-47(91)28-22-43)85-64(98)56(37-89)86-63(97)54(35-44-36-78-49-17-10-9-16-48(44)49)83-59(93)40(4)88(46-25-23-45(70)24-26-46)67(101)55(80-41(5)90)34-42-14-7-6-8-15-42/h6-10,14-17,21-28,36,38-40,50-57,78,89,91H,11-13,18-20,29-35,37H2,1-5H3,(H2,71,92)(H,79,99)(H,80,90)(H,81,96)(H,82,95)(H,83,93)(H,84,94)(H,85,98)(H,86,97)(H4,72,73,76)(H4,74,75,77)/t39-,40+,50+,51+,52+,53+,54-,55+,56+,57+/m1/s1/i5D/hD2. The van der Waals surface area contributed by atoms with Gasteiger partial charge in [0.15, 0.2) is 14.7 Å². The van der Waals surface area contributed by atoms with Crippen molar-refractivity contribution < 1.29 is 67.1 Å². The summed E-state index contributed by atoms with van der Waals surface area (Å²) in [5.41, 5.74) is 29.7. The average Bonchev–Trinajstić information content (AvgIpc) is 0.946. The van der Waals surface area contributed by atoms with Gasteiger partial charge in [-0.1, -0.05) is 86.1 Å². The molecule has 0 unspecified atom stereocenters. The number of nitrogens with zero attached hydrogens (tertiary/aromatic N) is 4. The number of aliphatic hydroxyl groups excluding tert-OH is 1. The topological polar surface area (TPSA) is 502 Å². The highest BCUT2D eigenvalue weighted by Crippen LogP contribution is 2.25. The summed E-state index contributed by atoms with van der Waals surface area (Å²) < 4.78 is 26.0. The third-order valence-electron chi connectivity index (χ3n) is 16.5. The quantitative estimate of drug-likeness (QED) is 0.0136. The Kier molecular flexibility index (Phi) is 28.4. The molecule has 5 aromatic rings. The Bertz CT molecular complexity index is 3870. The number of para-hydroxylation sites is 1. The molecule has 1 aliphatic heterocycles. The van der Waals surface area contributed by atoms with Crippen LogP contribution < -0.4 is 76.1 Å². The lowest BCUT2D eigenvalue weighted by atomic mass is 10.00. The molecule has 1 aliphatic rings. The molecule has 0 spiro atoms. The first kappa shape index (κ1) is 74.4. The Morgan fingerprint density at radius 1 is 0.634 bits per heavy atom. The maximum atomic E-state index is 15.1. The molecule has 1 saturated heterocycles. The molecule has 4 aromatic carbocycles. The van der Waals surface area contributed by atoms with Crippen LogP contribution in [0.2, 0.25) is 7.85 Å². The molecule has 31 nitrogen and oxygen atoms in total. The molecule has 0 bridgehead atoms. The second-order valence-electron chi connectivity index (χ2n) is 24.8. The summed E-state index contributed by atoms with van der Waals surface area (Å²) in [6.07, 6.45) is 0.987. The number of guanidine groups is 2. The number of nitrogens with one attached hydrogen (secondary N) is 9. The van der Waals surface area contributed by atoms with Gasteiger partial charge in [0.25, 0.3) is 5.91 Å². The molecule has 21 N–H and O–H groups in total. The molecule has 10 atom stereocenters. The van der Waals surface area contributed by atoms with Crippen molar-refractivity contribution in [2.45, 2.75) is 159 Å². The molecule has 0 saturated carbocycles. The Morgan fingerprint density at radius 2 is 1.19 bits per heavy atom. The van der Waals surface area contributed by atoms with Crippen molar-refractivity contribution in [3.63, 3.8) is 0 Å². The van der Waals surface area contributed by atoms with E-state index in [-0.39, 0.29) is 116 Å². The highest BCUT2D eigenvalue weighted by molar-refractivity contribution is 6.30. The summed E-state index contributed by atoms with van der Waals surface area (Å²) in [5, 5.41) is 38.4. The van der Waals surface area contributed by atoms with Crippen molar-refractivity contribution in [2.75, 3.05) is 31.1 Å². The normalized spacial score (nSPS) is 15.7. The van der Waals surface area contributed by atoms with Crippen molar-refractivity contribution in [3.05, 3.63) is 131 Å². The first-order valence-electron chi connectivity index (χ1n) is 34.5. The summed E-state index contributed by atoms with van der Waals surface area (Å²) in [6.45, 7) is 4.20. The number of hydrogen-bond donors (Lipinski definition) is 16. The number of aliphatic hydroxyl groups is 1. The number of anilines is 1. The number of phenolic OH excluding ortho intramolecular Hbond substituents is 1. The lowest BCUT2D eigenvalue weighted by Gasteiger charge is -2.33. The minimum atomic E-state index is -2.05. The zero-order valence-electron chi connectivity index (χ0n) is 59.7. The van der Waals surface area contributed by atoms with Gasteiger partial charge < -0.3 is 91.3 Å². The van der Waals surface area contributed by atoms with Crippen LogP contribution in [0.4, 0.5) is 5.69 Å². The zero-order chi connectivity index (χ0) is 76.5. The molecule has 6 rings (SSSR count). The minimum absolute atomic E-state index is 0.00796. The van der Waals surface area contributed by atoms with Gasteiger partial charge in [-0.3, -0.25) is 67.6 Å². The minimum Gasteiger partial charge on any atom is -0.508 e. The van der Waals surface area contributed by atoms with Crippen molar-refractivity contribution in [1.29, 1.82) is 0 Å². The van der Waals surface area contributed by atoms with Crippen LogP contribution in [0.1, 0.15) is 97.6 Å². The van der Waals surface area contributed by atoms with Gasteiger partial charge in [-0.25, -0.2) is 0 Å². The fraction of sp³-hybridized carbons (Fsp3) is 0.435. The number of aromatic amines is 1. The number of aromatic nitrogens is 1. The number of amides is 11. The number of nitrogens with two attached hydrogens (primary N) is 5. The number of likely N-dealkylation sites (tertiary alicyclic amines) is 1. The molecule has 1 aromatic heterocycles. The monoisotopic (exact) mass is 1420 g/mol. The van der Waals surface area contributed by atoms with Gasteiger partial charge in [-0.05, 0) is 124 Å². The predicted octanol–water partition coefficient (Wildman–Crippen LogP) is -0.483. The lowest BCUT2D eigenvalue weighted by molar-refractivity contribution is -0.142. The number of halogens is 1. The summed E-state index contributed by atoms with van der Waals surface area (Å²) in [7, 11) is 0. The number of hydrogen-bond acceptors (Lipinski definition) is 15. The van der Waals surface area contributed by atoms with Crippen LogP contribution >= 0.6 is 11.6 Å². The molecule has 101 heavy (non-hydrogen) atoms. The number of fused-ring (bicyclic) bond motifs is 1. The number of phenols is 1. The number of H-pyrrole nitrogens is 1. The van der Waals surface area contributed by atoms with E-state index in [2.05, 4.69) is 46.9 Å². The van der Waals surface area contributed by atoms with Gasteiger partial charge in [-0.2, -0.15) is 0 Å². The Morgan fingerprint density at radius 3 is 1.81 bits per heavy atom. The van der Waals surface area contributed by atoms with E-state index in [9.17, 15) is 54.8 Å². The van der Waals surface area contributed by atoms with Crippen LogP contribution in [0.15, 0.2) is 119 Å². The van der Waals surface area contributed by atoms with Crippen molar-refractivity contribution >= 4 is 105 Å². The molecule has 0 aliphatic carbocycles. The third kappa shape index (κ3) is 24.3. The van der Waals surface area contributed by atoms with Crippen LogP contribution in [-0.4, -0.2) is 184 Å². The molecule has 32 heteroatoms. The highest BCUT2D eigenvalue weighted by Gasteiger charge is 2.41. The molecule has 11 amide bonds. The van der Waals surface area contributed by atoms with Crippen LogP contribution in [0.3, 0.4) is 0 Å². The van der Waals surface area contributed by atoms with Crippen molar-refractivity contribution in [1.82, 2.24) is 52.4 Å². The number of primary amides is 1. The summed E-state index contributed by atoms with van der Waals surface area (Å²) >= 11 is 6.29. The van der Waals surface area contributed by atoms with Gasteiger partial charge in [-0.15, -0.1) is 0 Å².